The fourth-order valence-corrected chi connectivity index (χ4v) is 2.06. The number of hydrogen-bond acceptors (Lipinski definition) is 5. The quantitative estimate of drug-likeness (QED) is 0.479. The van der Waals surface area contributed by atoms with Gasteiger partial charge in [0.25, 0.3) is 0 Å². The Kier molecular flexibility index (Phi) is 8.98. The summed E-state index contributed by atoms with van der Waals surface area (Å²) in [7, 11) is 0. The predicted octanol–water partition coefficient (Wildman–Crippen LogP) is 0.605. The number of carbonyl (C=O) groups is 2. The van der Waals surface area contributed by atoms with Gasteiger partial charge in [-0.15, -0.1) is 0 Å². The molecule has 0 aromatic carbocycles. The predicted molar refractivity (Wildman–Crippen MR) is 75.3 cm³/mol. The molecular weight excluding hydrogens is 260 g/mol. The molecule has 1 rings (SSSR count). The van der Waals surface area contributed by atoms with E-state index in [1.165, 1.54) is 0 Å². The van der Waals surface area contributed by atoms with Crippen molar-refractivity contribution >= 4 is 11.9 Å². The van der Waals surface area contributed by atoms with E-state index < -0.39 is 0 Å². The van der Waals surface area contributed by atoms with Crippen LogP contribution in [0.15, 0.2) is 0 Å². The highest BCUT2D eigenvalue weighted by atomic mass is 16.5. The van der Waals surface area contributed by atoms with Crippen LogP contribution in [0.25, 0.3) is 0 Å². The van der Waals surface area contributed by atoms with Crippen LogP contribution in [0.4, 0.5) is 0 Å². The van der Waals surface area contributed by atoms with Crippen LogP contribution in [0, 0.1) is 0 Å². The molecule has 1 amide bonds. The van der Waals surface area contributed by atoms with Crippen LogP contribution in [-0.4, -0.2) is 50.8 Å². The summed E-state index contributed by atoms with van der Waals surface area (Å²) in [5.74, 6) is -0.237. The van der Waals surface area contributed by atoms with Gasteiger partial charge in [-0.25, -0.2) is 0 Å². The Hall–Kier alpha value is -1.14. The summed E-state index contributed by atoms with van der Waals surface area (Å²) in [6, 6.07) is 0. The number of hydrogen-bond donors (Lipinski definition) is 2. The highest BCUT2D eigenvalue weighted by molar-refractivity contribution is 5.76. The van der Waals surface area contributed by atoms with Crippen molar-refractivity contribution in [2.45, 2.75) is 45.1 Å². The van der Waals surface area contributed by atoms with Crippen molar-refractivity contribution in [3.8, 4) is 0 Å². The normalized spacial score (nSPS) is 15.8. The Balaban J connectivity index is 1.93. The molecule has 1 aliphatic heterocycles. The van der Waals surface area contributed by atoms with Gasteiger partial charge in [0.1, 0.15) is 0 Å². The van der Waals surface area contributed by atoms with E-state index in [2.05, 4.69) is 10.6 Å². The molecule has 6 heteroatoms. The summed E-state index contributed by atoms with van der Waals surface area (Å²) in [6.45, 7) is 5.14. The summed E-state index contributed by atoms with van der Waals surface area (Å²) < 4.78 is 10.5. The largest absolute Gasteiger partial charge is 0.466 e. The maximum absolute atomic E-state index is 11.5. The molecule has 1 saturated heterocycles. The standard InChI is InChI=1S/C14H26N2O4/c1-2-19-14(18)4-3-8-16-13(17)7-11-20-12-5-9-15-10-6-12/h12,15H,2-11H2,1H3,(H,16,17). The van der Waals surface area contributed by atoms with Crippen LogP contribution in [0.3, 0.4) is 0 Å². The number of piperidine rings is 1. The van der Waals surface area contributed by atoms with E-state index in [-0.39, 0.29) is 18.0 Å². The van der Waals surface area contributed by atoms with Gasteiger partial charge in [0.05, 0.1) is 19.3 Å². The van der Waals surface area contributed by atoms with E-state index in [0.717, 1.165) is 25.9 Å². The summed E-state index contributed by atoms with van der Waals surface area (Å²) >= 11 is 0. The fourth-order valence-electron chi connectivity index (χ4n) is 2.06. The molecular formula is C14H26N2O4. The third kappa shape index (κ3) is 8.12. The number of amides is 1. The first kappa shape index (κ1) is 16.9. The lowest BCUT2D eigenvalue weighted by molar-refractivity contribution is -0.143. The van der Waals surface area contributed by atoms with Crippen LogP contribution < -0.4 is 10.6 Å². The number of esters is 1. The lowest BCUT2D eigenvalue weighted by Crippen LogP contribution is -2.33. The zero-order valence-electron chi connectivity index (χ0n) is 12.3. The summed E-state index contributed by atoms with van der Waals surface area (Å²) in [5.41, 5.74) is 0. The van der Waals surface area contributed by atoms with E-state index in [1.54, 1.807) is 6.92 Å². The molecule has 0 bridgehead atoms. The van der Waals surface area contributed by atoms with Crippen molar-refractivity contribution in [2.75, 3.05) is 32.8 Å². The average Bonchev–Trinajstić information content (AvgIpc) is 2.45. The molecule has 0 spiro atoms. The van der Waals surface area contributed by atoms with Crippen LogP contribution in [0.2, 0.25) is 0 Å². The van der Waals surface area contributed by atoms with Gasteiger partial charge in [0.15, 0.2) is 0 Å². The summed E-state index contributed by atoms with van der Waals surface area (Å²) in [5, 5.41) is 6.05. The summed E-state index contributed by atoms with van der Waals surface area (Å²) in [6.07, 6.45) is 3.65. The van der Waals surface area contributed by atoms with Gasteiger partial charge in [0, 0.05) is 19.4 Å². The van der Waals surface area contributed by atoms with E-state index in [9.17, 15) is 9.59 Å². The number of rotatable bonds is 9. The van der Waals surface area contributed by atoms with Gasteiger partial charge in [0.2, 0.25) is 5.91 Å². The van der Waals surface area contributed by atoms with Crippen LogP contribution >= 0.6 is 0 Å². The molecule has 6 nitrogen and oxygen atoms in total. The molecule has 0 unspecified atom stereocenters. The van der Waals surface area contributed by atoms with Gasteiger partial charge >= 0.3 is 5.97 Å². The molecule has 0 aromatic rings. The van der Waals surface area contributed by atoms with Gasteiger partial charge in [-0.1, -0.05) is 0 Å². The molecule has 1 fully saturated rings. The van der Waals surface area contributed by atoms with Gasteiger partial charge in [-0.3, -0.25) is 9.59 Å². The smallest absolute Gasteiger partial charge is 0.305 e. The van der Waals surface area contributed by atoms with Crippen molar-refractivity contribution < 1.29 is 19.1 Å². The number of ether oxygens (including phenoxy) is 2. The monoisotopic (exact) mass is 286 g/mol. The first-order valence-corrected chi connectivity index (χ1v) is 7.47. The second kappa shape index (κ2) is 10.6. The Labute approximate surface area is 120 Å². The van der Waals surface area contributed by atoms with Crippen molar-refractivity contribution in [2.24, 2.45) is 0 Å². The van der Waals surface area contributed by atoms with E-state index >= 15 is 0 Å². The highest BCUT2D eigenvalue weighted by Crippen LogP contribution is 2.07. The van der Waals surface area contributed by atoms with E-state index in [1.807, 2.05) is 0 Å². The lowest BCUT2D eigenvalue weighted by Gasteiger charge is -2.22. The molecule has 0 radical (unpaired) electrons. The van der Waals surface area contributed by atoms with Gasteiger partial charge in [-0.05, 0) is 39.3 Å². The Bertz CT molecular complexity index is 291. The van der Waals surface area contributed by atoms with Crippen LogP contribution in [0.5, 0.6) is 0 Å². The maximum Gasteiger partial charge on any atom is 0.305 e. The molecule has 1 aliphatic rings. The molecule has 116 valence electrons. The Morgan fingerprint density at radius 1 is 1.25 bits per heavy atom. The minimum Gasteiger partial charge on any atom is -0.466 e. The van der Waals surface area contributed by atoms with Crippen LogP contribution in [-0.2, 0) is 19.1 Å². The summed E-state index contributed by atoms with van der Waals surface area (Å²) in [4.78, 5) is 22.6. The average molecular weight is 286 g/mol. The Morgan fingerprint density at radius 2 is 2.00 bits per heavy atom. The number of carbonyl (C=O) groups excluding carboxylic acids is 2. The Morgan fingerprint density at radius 3 is 2.70 bits per heavy atom. The SMILES string of the molecule is CCOC(=O)CCCNC(=O)CCOC1CCNCC1. The molecule has 0 saturated carbocycles. The van der Waals surface area contributed by atoms with Crippen molar-refractivity contribution in [3.05, 3.63) is 0 Å². The molecule has 0 aliphatic carbocycles. The molecule has 20 heavy (non-hydrogen) atoms. The van der Waals surface area contributed by atoms with Gasteiger partial charge in [-0.2, -0.15) is 0 Å². The second-order valence-electron chi connectivity index (χ2n) is 4.83. The second-order valence-corrected chi connectivity index (χ2v) is 4.83. The minimum absolute atomic E-state index is 0.0252. The number of nitrogens with one attached hydrogen (secondary N) is 2. The lowest BCUT2D eigenvalue weighted by atomic mass is 10.1. The highest BCUT2D eigenvalue weighted by Gasteiger charge is 2.13. The zero-order chi connectivity index (χ0) is 14.6. The van der Waals surface area contributed by atoms with Crippen LogP contribution in [0.1, 0.15) is 39.0 Å². The topological polar surface area (TPSA) is 76.7 Å². The van der Waals surface area contributed by atoms with Crippen molar-refractivity contribution in [1.82, 2.24) is 10.6 Å². The maximum atomic E-state index is 11.5. The molecule has 0 atom stereocenters. The van der Waals surface area contributed by atoms with E-state index in [0.29, 0.717) is 39.0 Å². The first-order valence-electron chi connectivity index (χ1n) is 7.47. The first-order chi connectivity index (χ1) is 9.72. The minimum atomic E-state index is -0.212. The van der Waals surface area contributed by atoms with Crippen molar-refractivity contribution in [1.29, 1.82) is 0 Å². The third-order valence-electron chi connectivity index (χ3n) is 3.15. The zero-order valence-corrected chi connectivity index (χ0v) is 12.3. The fraction of sp³-hybridized carbons (Fsp3) is 0.857. The van der Waals surface area contributed by atoms with E-state index in [4.69, 9.17) is 9.47 Å². The van der Waals surface area contributed by atoms with Gasteiger partial charge < -0.3 is 20.1 Å². The third-order valence-corrected chi connectivity index (χ3v) is 3.15. The molecule has 0 aromatic heterocycles. The molecule has 1 heterocycles. The molecule has 2 N–H and O–H groups in total. The van der Waals surface area contributed by atoms with Crippen molar-refractivity contribution in [3.63, 3.8) is 0 Å².